The van der Waals surface area contributed by atoms with Gasteiger partial charge in [0.2, 0.25) is 5.95 Å². The minimum Gasteiger partial charge on any atom is -0.396 e. The van der Waals surface area contributed by atoms with Crippen LogP contribution in [0.5, 0.6) is 0 Å². The van der Waals surface area contributed by atoms with E-state index in [2.05, 4.69) is 40.4 Å². The van der Waals surface area contributed by atoms with Gasteiger partial charge in [0.15, 0.2) is 0 Å². The molecular weight excluding hydrogens is 343 g/mol. The highest BCUT2D eigenvalue weighted by Gasteiger charge is 2.23. The van der Waals surface area contributed by atoms with Gasteiger partial charge in [-0.3, -0.25) is 0 Å². The zero-order chi connectivity index (χ0) is 19.2. The molecule has 0 saturated carbocycles. The van der Waals surface area contributed by atoms with Crippen LogP contribution in [0.1, 0.15) is 38.8 Å². The van der Waals surface area contributed by atoms with E-state index >= 15 is 0 Å². The van der Waals surface area contributed by atoms with Crippen LogP contribution in [0, 0.1) is 5.82 Å². The number of benzene rings is 1. The summed E-state index contributed by atoms with van der Waals surface area (Å²) in [4.78, 5) is 11.7. The van der Waals surface area contributed by atoms with E-state index in [1.807, 2.05) is 0 Å². The molecule has 2 heterocycles. The topological polar surface area (TPSA) is 79.1 Å². The number of aryl methyl sites for hydroxylation is 1. The predicted molar refractivity (Wildman–Crippen MR) is 109 cm³/mol. The van der Waals surface area contributed by atoms with Gasteiger partial charge in [-0.2, -0.15) is 4.98 Å². The maximum atomic E-state index is 13.4. The van der Waals surface area contributed by atoms with E-state index in [1.165, 1.54) is 6.07 Å². The lowest BCUT2D eigenvalue weighted by Gasteiger charge is -2.19. The van der Waals surface area contributed by atoms with E-state index in [4.69, 9.17) is 10.7 Å². The molecule has 0 aliphatic carbocycles. The highest BCUT2D eigenvalue weighted by Crippen LogP contribution is 2.24. The third-order valence-corrected chi connectivity index (χ3v) is 4.81. The average molecular weight is 372 g/mol. The monoisotopic (exact) mass is 372 g/mol. The summed E-state index contributed by atoms with van der Waals surface area (Å²) in [6.45, 7) is 7.20. The van der Waals surface area contributed by atoms with Crippen LogP contribution in [0.3, 0.4) is 0 Å². The smallest absolute Gasteiger partial charge is 0.229 e. The van der Waals surface area contributed by atoms with E-state index in [0.717, 1.165) is 56.8 Å². The molecule has 1 aliphatic heterocycles. The van der Waals surface area contributed by atoms with E-state index in [1.54, 1.807) is 12.1 Å². The van der Waals surface area contributed by atoms with Gasteiger partial charge >= 0.3 is 0 Å². The van der Waals surface area contributed by atoms with Gasteiger partial charge in [0.25, 0.3) is 0 Å². The second-order valence-corrected chi connectivity index (χ2v) is 7.00. The molecule has 1 aliphatic rings. The zero-order valence-corrected chi connectivity index (χ0v) is 16.1. The van der Waals surface area contributed by atoms with E-state index in [-0.39, 0.29) is 5.69 Å². The maximum absolute atomic E-state index is 13.4. The standard InChI is InChI=1S/C20H29FN6/c1-3-5-6-14-12-19(27-10-9-16(13-27)23-4-2)26-20(24-14)25-15-7-8-17(21)18(22)11-15/h7-8,11-12,16,23H,3-6,9-10,13,22H2,1-2H3,(H,24,25,26). The minimum atomic E-state index is -0.426. The lowest BCUT2D eigenvalue weighted by molar-refractivity contribution is 0.571. The number of nitrogens with one attached hydrogen (secondary N) is 2. The number of nitrogen functional groups attached to an aromatic ring is 1. The van der Waals surface area contributed by atoms with Gasteiger partial charge in [0, 0.05) is 36.6 Å². The van der Waals surface area contributed by atoms with E-state index in [9.17, 15) is 4.39 Å². The fourth-order valence-corrected chi connectivity index (χ4v) is 3.36. The number of hydrogen-bond donors (Lipinski definition) is 3. The third kappa shape index (κ3) is 5.07. The molecule has 1 aromatic heterocycles. The summed E-state index contributed by atoms with van der Waals surface area (Å²) in [6, 6.07) is 7.14. The zero-order valence-electron chi connectivity index (χ0n) is 16.1. The number of aromatic nitrogens is 2. The average Bonchev–Trinajstić information content (AvgIpc) is 3.12. The van der Waals surface area contributed by atoms with Crippen LogP contribution in [0.15, 0.2) is 24.3 Å². The minimum absolute atomic E-state index is 0.107. The molecule has 27 heavy (non-hydrogen) atoms. The van der Waals surface area contributed by atoms with Crippen LogP contribution in [-0.4, -0.2) is 35.6 Å². The number of halogens is 1. The van der Waals surface area contributed by atoms with Crippen molar-refractivity contribution in [3.8, 4) is 0 Å². The first kappa shape index (κ1) is 19.4. The lowest BCUT2D eigenvalue weighted by atomic mass is 10.2. The molecule has 1 saturated heterocycles. The molecule has 2 aromatic rings. The molecule has 6 nitrogen and oxygen atoms in total. The molecule has 0 radical (unpaired) electrons. The first-order chi connectivity index (χ1) is 13.1. The molecule has 0 bridgehead atoms. The Morgan fingerprint density at radius 1 is 1.26 bits per heavy atom. The molecule has 3 rings (SSSR count). The van der Waals surface area contributed by atoms with Crippen molar-refractivity contribution in [2.24, 2.45) is 0 Å². The Morgan fingerprint density at radius 3 is 2.85 bits per heavy atom. The number of rotatable bonds is 8. The van der Waals surface area contributed by atoms with Crippen molar-refractivity contribution in [3.63, 3.8) is 0 Å². The highest BCUT2D eigenvalue weighted by atomic mass is 19.1. The van der Waals surface area contributed by atoms with Crippen LogP contribution >= 0.6 is 0 Å². The largest absolute Gasteiger partial charge is 0.396 e. The number of hydrogen-bond acceptors (Lipinski definition) is 6. The lowest BCUT2D eigenvalue weighted by Crippen LogP contribution is -2.32. The molecule has 4 N–H and O–H groups in total. The van der Waals surface area contributed by atoms with Crippen LogP contribution in [-0.2, 0) is 6.42 Å². The van der Waals surface area contributed by atoms with E-state index in [0.29, 0.717) is 17.7 Å². The molecular formula is C20H29FN6. The van der Waals surface area contributed by atoms with Crippen LogP contribution < -0.4 is 21.3 Å². The van der Waals surface area contributed by atoms with Crippen molar-refractivity contribution in [2.45, 2.75) is 45.6 Å². The summed E-state index contributed by atoms with van der Waals surface area (Å²) in [5, 5.41) is 6.69. The van der Waals surface area contributed by atoms with Gasteiger partial charge in [-0.05, 0) is 44.0 Å². The molecule has 0 amide bonds. The number of anilines is 4. The second kappa shape index (κ2) is 8.99. The second-order valence-electron chi connectivity index (χ2n) is 7.00. The summed E-state index contributed by atoms with van der Waals surface area (Å²) in [5.41, 5.74) is 7.48. The number of unbranched alkanes of at least 4 members (excludes halogenated alkanes) is 1. The van der Waals surface area contributed by atoms with Crippen molar-refractivity contribution in [1.29, 1.82) is 0 Å². The Kier molecular flexibility index (Phi) is 6.45. The Bertz CT molecular complexity index is 766. The molecule has 1 atom stereocenters. The Morgan fingerprint density at radius 2 is 2.11 bits per heavy atom. The van der Waals surface area contributed by atoms with E-state index < -0.39 is 5.82 Å². The SMILES string of the molecule is CCCCc1cc(N2CCC(NCC)C2)nc(Nc2ccc(F)c(N)c2)n1. The Hall–Kier alpha value is -2.41. The molecule has 0 spiro atoms. The molecule has 1 aromatic carbocycles. The van der Waals surface area contributed by atoms with Crippen molar-refractivity contribution in [1.82, 2.24) is 15.3 Å². The van der Waals surface area contributed by atoms with Gasteiger partial charge < -0.3 is 21.3 Å². The summed E-state index contributed by atoms with van der Waals surface area (Å²) in [5.74, 6) is 1.04. The van der Waals surface area contributed by atoms with Crippen molar-refractivity contribution in [3.05, 3.63) is 35.8 Å². The maximum Gasteiger partial charge on any atom is 0.229 e. The van der Waals surface area contributed by atoms with Crippen molar-refractivity contribution in [2.75, 3.05) is 35.6 Å². The van der Waals surface area contributed by atoms with Crippen LogP contribution in [0.2, 0.25) is 0 Å². The predicted octanol–water partition coefficient (Wildman–Crippen LogP) is 3.47. The molecule has 146 valence electrons. The number of likely N-dealkylation sites (N-methyl/N-ethyl adjacent to an activating group) is 1. The fraction of sp³-hybridized carbons (Fsp3) is 0.500. The number of nitrogens with zero attached hydrogens (tertiary/aromatic N) is 3. The Balaban J connectivity index is 1.82. The summed E-state index contributed by atoms with van der Waals surface area (Å²) in [7, 11) is 0. The highest BCUT2D eigenvalue weighted by molar-refractivity contribution is 5.61. The van der Waals surface area contributed by atoms with Gasteiger partial charge in [-0.15, -0.1) is 0 Å². The van der Waals surface area contributed by atoms with Crippen LogP contribution in [0.25, 0.3) is 0 Å². The van der Waals surface area contributed by atoms with Gasteiger partial charge in [0.1, 0.15) is 11.6 Å². The molecule has 7 heteroatoms. The van der Waals surface area contributed by atoms with Crippen molar-refractivity contribution >= 4 is 23.1 Å². The quantitative estimate of drug-likeness (QED) is 0.616. The number of nitrogens with two attached hydrogens (primary N) is 1. The Labute approximate surface area is 160 Å². The summed E-state index contributed by atoms with van der Waals surface area (Å²) in [6.07, 6.45) is 4.22. The molecule has 1 fully saturated rings. The first-order valence-corrected chi connectivity index (χ1v) is 9.77. The van der Waals surface area contributed by atoms with Gasteiger partial charge in [0.05, 0.1) is 5.69 Å². The van der Waals surface area contributed by atoms with Crippen LogP contribution in [0.4, 0.5) is 27.5 Å². The van der Waals surface area contributed by atoms with Crippen molar-refractivity contribution < 1.29 is 4.39 Å². The third-order valence-electron chi connectivity index (χ3n) is 4.81. The first-order valence-electron chi connectivity index (χ1n) is 9.77. The summed E-state index contributed by atoms with van der Waals surface area (Å²) < 4.78 is 13.4. The molecule has 1 unspecified atom stereocenters. The normalized spacial score (nSPS) is 16.7. The van der Waals surface area contributed by atoms with Gasteiger partial charge in [-0.25, -0.2) is 9.37 Å². The fourth-order valence-electron chi connectivity index (χ4n) is 3.36. The van der Waals surface area contributed by atoms with Gasteiger partial charge in [-0.1, -0.05) is 20.3 Å². The summed E-state index contributed by atoms with van der Waals surface area (Å²) >= 11 is 0.